The van der Waals surface area contributed by atoms with E-state index in [-0.39, 0.29) is 5.91 Å². The van der Waals surface area contributed by atoms with Gasteiger partial charge >= 0.3 is 0 Å². The zero-order valence-electron chi connectivity index (χ0n) is 16.9. The number of pyridine rings is 1. The standard InChI is InChI=1S/C24H26N4O/c1-18-21(19-7-4-3-5-8-19)9-6-10-22(18)24(29)26-20-11-12-23(25-17-20)28-15-13-27(2)14-16-28/h3-12,17H,13-16H2,1-2H3,(H,26,29). The summed E-state index contributed by atoms with van der Waals surface area (Å²) in [5.74, 6) is 0.841. The van der Waals surface area contributed by atoms with E-state index in [0.717, 1.165) is 48.7 Å². The first-order valence-corrected chi connectivity index (χ1v) is 9.98. The van der Waals surface area contributed by atoms with Crippen LogP contribution in [0.5, 0.6) is 0 Å². The van der Waals surface area contributed by atoms with Gasteiger partial charge in [0.15, 0.2) is 0 Å². The van der Waals surface area contributed by atoms with Crippen molar-refractivity contribution in [2.45, 2.75) is 6.92 Å². The summed E-state index contributed by atoms with van der Waals surface area (Å²) >= 11 is 0. The maximum absolute atomic E-state index is 12.9. The molecule has 4 rings (SSSR count). The number of hydrogen-bond acceptors (Lipinski definition) is 4. The molecule has 148 valence electrons. The van der Waals surface area contributed by atoms with Crippen LogP contribution in [0.1, 0.15) is 15.9 Å². The van der Waals surface area contributed by atoms with Gasteiger partial charge in [-0.05, 0) is 48.9 Å². The summed E-state index contributed by atoms with van der Waals surface area (Å²) in [4.78, 5) is 22.0. The minimum Gasteiger partial charge on any atom is -0.354 e. The SMILES string of the molecule is Cc1c(C(=O)Nc2ccc(N3CCN(C)CC3)nc2)cccc1-c1ccccc1. The first-order chi connectivity index (χ1) is 14.1. The molecule has 5 heteroatoms. The van der Waals surface area contributed by atoms with Crippen molar-refractivity contribution < 1.29 is 4.79 Å². The number of benzene rings is 2. The molecule has 5 nitrogen and oxygen atoms in total. The van der Waals surface area contributed by atoms with E-state index in [0.29, 0.717) is 11.3 Å². The summed E-state index contributed by atoms with van der Waals surface area (Å²) in [6.45, 7) is 6.02. The van der Waals surface area contributed by atoms with Gasteiger partial charge in [-0.25, -0.2) is 4.98 Å². The fraction of sp³-hybridized carbons (Fsp3) is 0.250. The summed E-state index contributed by atoms with van der Waals surface area (Å²) in [7, 11) is 2.14. The smallest absolute Gasteiger partial charge is 0.255 e. The number of rotatable bonds is 4. The molecular weight excluding hydrogens is 360 g/mol. The topological polar surface area (TPSA) is 48.5 Å². The molecule has 1 aliphatic rings. The Labute approximate surface area is 172 Å². The Balaban J connectivity index is 1.48. The Hall–Kier alpha value is -3.18. The van der Waals surface area contributed by atoms with E-state index >= 15 is 0 Å². The number of anilines is 2. The van der Waals surface area contributed by atoms with Crippen LogP contribution < -0.4 is 10.2 Å². The number of carbonyl (C=O) groups is 1. The highest BCUT2D eigenvalue weighted by Crippen LogP contribution is 2.26. The van der Waals surface area contributed by atoms with Gasteiger partial charge < -0.3 is 15.1 Å². The van der Waals surface area contributed by atoms with Crippen molar-refractivity contribution >= 4 is 17.4 Å². The van der Waals surface area contributed by atoms with Crippen LogP contribution in [0.25, 0.3) is 11.1 Å². The molecule has 0 bridgehead atoms. The van der Waals surface area contributed by atoms with Crippen molar-refractivity contribution in [2.75, 3.05) is 43.4 Å². The summed E-state index contributed by atoms with van der Waals surface area (Å²) in [5, 5.41) is 2.99. The van der Waals surface area contributed by atoms with Crippen LogP contribution in [-0.4, -0.2) is 49.0 Å². The molecule has 1 fully saturated rings. The maximum Gasteiger partial charge on any atom is 0.255 e. The highest BCUT2D eigenvalue weighted by atomic mass is 16.1. The van der Waals surface area contributed by atoms with Crippen LogP contribution in [0.3, 0.4) is 0 Å². The van der Waals surface area contributed by atoms with Gasteiger partial charge in [-0.3, -0.25) is 4.79 Å². The number of likely N-dealkylation sites (N-methyl/N-ethyl adjacent to an activating group) is 1. The zero-order valence-corrected chi connectivity index (χ0v) is 16.9. The van der Waals surface area contributed by atoms with E-state index in [2.05, 4.69) is 39.3 Å². The van der Waals surface area contributed by atoms with Crippen LogP contribution in [-0.2, 0) is 0 Å². The monoisotopic (exact) mass is 386 g/mol. The highest BCUT2D eigenvalue weighted by molar-refractivity contribution is 6.06. The van der Waals surface area contributed by atoms with Crippen molar-refractivity contribution in [3.05, 3.63) is 78.0 Å². The predicted octanol–water partition coefficient (Wildman–Crippen LogP) is 4.06. The molecule has 1 N–H and O–H groups in total. The van der Waals surface area contributed by atoms with Crippen molar-refractivity contribution in [3.8, 4) is 11.1 Å². The number of carbonyl (C=O) groups excluding carboxylic acids is 1. The zero-order chi connectivity index (χ0) is 20.2. The van der Waals surface area contributed by atoms with Gasteiger partial charge in [0.2, 0.25) is 0 Å². The van der Waals surface area contributed by atoms with Crippen LogP contribution in [0.4, 0.5) is 11.5 Å². The lowest BCUT2D eigenvalue weighted by Crippen LogP contribution is -2.44. The molecule has 1 amide bonds. The van der Waals surface area contributed by atoms with Crippen molar-refractivity contribution in [1.29, 1.82) is 0 Å². The van der Waals surface area contributed by atoms with E-state index < -0.39 is 0 Å². The molecule has 0 spiro atoms. The number of piperazine rings is 1. The number of nitrogens with zero attached hydrogens (tertiary/aromatic N) is 3. The van der Waals surface area contributed by atoms with Crippen LogP contribution >= 0.6 is 0 Å². The Kier molecular flexibility index (Phi) is 5.58. The van der Waals surface area contributed by atoms with E-state index in [4.69, 9.17) is 0 Å². The highest BCUT2D eigenvalue weighted by Gasteiger charge is 2.16. The molecule has 2 heterocycles. The first-order valence-electron chi connectivity index (χ1n) is 9.98. The predicted molar refractivity (Wildman–Crippen MR) is 119 cm³/mol. The largest absolute Gasteiger partial charge is 0.354 e. The minimum absolute atomic E-state index is 0.116. The van der Waals surface area contributed by atoms with Gasteiger partial charge in [0.1, 0.15) is 5.82 Å². The second-order valence-electron chi connectivity index (χ2n) is 7.49. The third-order valence-electron chi connectivity index (χ3n) is 5.50. The molecule has 0 unspecified atom stereocenters. The quantitative estimate of drug-likeness (QED) is 0.735. The normalized spacial score (nSPS) is 14.6. The van der Waals surface area contributed by atoms with Gasteiger partial charge in [-0.2, -0.15) is 0 Å². The molecule has 1 saturated heterocycles. The van der Waals surface area contributed by atoms with Gasteiger partial charge in [0.25, 0.3) is 5.91 Å². The molecule has 0 aliphatic carbocycles. The minimum atomic E-state index is -0.116. The van der Waals surface area contributed by atoms with Crippen LogP contribution in [0, 0.1) is 6.92 Å². The molecule has 3 aromatic rings. The first kappa shape index (κ1) is 19.2. The third-order valence-corrected chi connectivity index (χ3v) is 5.50. The third kappa shape index (κ3) is 4.30. The second-order valence-corrected chi connectivity index (χ2v) is 7.49. The lowest BCUT2D eigenvalue weighted by molar-refractivity contribution is 0.102. The summed E-state index contributed by atoms with van der Waals surface area (Å²) < 4.78 is 0. The van der Waals surface area contributed by atoms with Crippen molar-refractivity contribution in [3.63, 3.8) is 0 Å². The summed E-state index contributed by atoms with van der Waals surface area (Å²) in [6.07, 6.45) is 1.74. The number of hydrogen-bond donors (Lipinski definition) is 1. The van der Waals surface area contributed by atoms with Gasteiger partial charge in [0, 0.05) is 31.7 Å². The second kappa shape index (κ2) is 8.45. The van der Waals surface area contributed by atoms with Gasteiger partial charge in [-0.15, -0.1) is 0 Å². The fourth-order valence-corrected chi connectivity index (χ4v) is 3.69. The van der Waals surface area contributed by atoms with E-state index in [1.807, 2.05) is 55.5 Å². The van der Waals surface area contributed by atoms with E-state index in [1.165, 1.54) is 0 Å². The van der Waals surface area contributed by atoms with Crippen LogP contribution in [0.2, 0.25) is 0 Å². The Bertz CT molecular complexity index is 978. The summed E-state index contributed by atoms with van der Waals surface area (Å²) in [6, 6.07) is 19.9. The van der Waals surface area contributed by atoms with Crippen LogP contribution in [0.15, 0.2) is 66.9 Å². The molecule has 0 radical (unpaired) electrons. The fourth-order valence-electron chi connectivity index (χ4n) is 3.69. The average Bonchev–Trinajstić information content (AvgIpc) is 2.75. The average molecular weight is 386 g/mol. The lowest BCUT2D eigenvalue weighted by Gasteiger charge is -2.33. The number of nitrogens with one attached hydrogen (secondary N) is 1. The Morgan fingerprint density at radius 3 is 2.38 bits per heavy atom. The number of aromatic nitrogens is 1. The Morgan fingerprint density at radius 1 is 0.931 bits per heavy atom. The molecular formula is C24H26N4O. The molecule has 2 aromatic carbocycles. The summed E-state index contributed by atoms with van der Waals surface area (Å²) in [5.41, 5.74) is 4.53. The Morgan fingerprint density at radius 2 is 1.69 bits per heavy atom. The lowest BCUT2D eigenvalue weighted by atomic mass is 9.96. The maximum atomic E-state index is 12.9. The van der Waals surface area contributed by atoms with E-state index in [9.17, 15) is 4.79 Å². The molecule has 0 saturated carbocycles. The van der Waals surface area contributed by atoms with Gasteiger partial charge in [-0.1, -0.05) is 42.5 Å². The van der Waals surface area contributed by atoms with Crippen molar-refractivity contribution in [2.24, 2.45) is 0 Å². The number of amides is 1. The van der Waals surface area contributed by atoms with E-state index in [1.54, 1.807) is 6.20 Å². The molecule has 29 heavy (non-hydrogen) atoms. The van der Waals surface area contributed by atoms with Crippen molar-refractivity contribution in [1.82, 2.24) is 9.88 Å². The molecule has 1 aromatic heterocycles. The van der Waals surface area contributed by atoms with Gasteiger partial charge in [0.05, 0.1) is 11.9 Å². The molecule has 1 aliphatic heterocycles. The molecule has 0 atom stereocenters.